The van der Waals surface area contributed by atoms with Crippen LogP contribution < -0.4 is 10.5 Å². The molecule has 0 unspecified atom stereocenters. The summed E-state index contributed by atoms with van der Waals surface area (Å²) in [5.74, 6) is 0.953. The molecule has 1 aromatic rings. The Morgan fingerprint density at radius 3 is 3.00 bits per heavy atom. The monoisotopic (exact) mass is 215 g/mol. The summed E-state index contributed by atoms with van der Waals surface area (Å²) in [6, 6.07) is 5.58. The largest absolute Gasteiger partial charge is 0.493 e. The fraction of sp³-hybridized carbons (Fsp3) is 0.400. The topological polar surface area (TPSA) is 55.5 Å². The molecule has 0 bridgehead atoms. The van der Waals surface area contributed by atoms with Crippen molar-refractivity contribution in [3.05, 3.63) is 29.3 Å². The molecule has 1 heterocycles. The lowest BCUT2D eigenvalue weighted by Crippen LogP contribution is -2.14. The van der Waals surface area contributed by atoms with E-state index in [0.29, 0.717) is 0 Å². The van der Waals surface area contributed by atoms with E-state index in [9.17, 15) is 0 Å². The van der Waals surface area contributed by atoms with E-state index in [-0.39, 0.29) is 25.1 Å². The van der Waals surface area contributed by atoms with E-state index in [0.717, 1.165) is 24.3 Å². The van der Waals surface area contributed by atoms with Gasteiger partial charge in [-0.15, -0.1) is 12.4 Å². The second kappa shape index (κ2) is 4.64. The van der Waals surface area contributed by atoms with Crippen LogP contribution in [0.4, 0.5) is 0 Å². The normalized spacial score (nSPS) is 15.3. The summed E-state index contributed by atoms with van der Waals surface area (Å²) in [6.45, 7) is 0.743. The van der Waals surface area contributed by atoms with Gasteiger partial charge in [-0.25, -0.2) is 0 Å². The third-order valence-electron chi connectivity index (χ3n) is 2.34. The molecule has 0 amide bonds. The van der Waals surface area contributed by atoms with Crippen LogP contribution in [0.5, 0.6) is 5.75 Å². The Kier molecular flexibility index (Phi) is 3.75. The van der Waals surface area contributed by atoms with Crippen molar-refractivity contribution in [2.24, 2.45) is 5.73 Å². The fourth-order valence-electron chi connectivity index (χ4n) is 1.54. The summed E-state index contributed by atoms with van der Waals surface area (Å²) in [5.41, 5.74) is 7.87. The number of hydrogen-bond acceptors (Lipinski definition) is 3. The van der Waals surface area contributed by atoms with Crippen LogP contribution in [0.3, 0.4) is 0 Å². The Morgan fingerprint density at radius 1 is 1.50 bits per heavy atom. The van der Waals surface area contributed by atoms with Crippen molar-refractivity contribution in [3.63, 3.8) is 0 Å². The van der Waals surface area contributed by atoms with Crippen LogP contribution >= 0.6 is 12.4 Å². The highest BCUT2D eigenvalue weighted by molar-refractivity contribution is 5.85. The van der Waals surface area contributed by atoms with Gasteiger partial charge in [0.15, 0.2) is 0 Å². The van der Waals surface area contributed by atoms with E-state index in [4.69, 9.17) is 15.6 Å². The molecule has 0 fully saturated rings. The number of fused-ring (bicyclic) bond motifs is 1. The van der Waals surface area contributed by atoms with Gasteiger partial charge < -0.3 is 15.6 Å². The summed E-state index contributed by atoms with van der Waals surface area (Å²) < 4.78 is 5.36. The van der Waals surface area contributed by atoms with Gasteiger partial charge in [-0.1, -0.05) is 12.1 Å². The first-order valence-corrected chi connectivity index (χ1v) is 4.43. The minimum absolute atomic E-state index is 0. The predicted molar refractivity (Wildman–Crippen MR) is 56.9 cm³/mol. The first kappa shape index (κ1) is 11.3. The highest BCUT2D eigenvalue weighted by Crippen LogP contribution is 2.27. The summed E-state index contributed by atoms with van der Waals surface area (Å²) >= 11 is 0. The van der Waals surface area contributed by atoms with Crippen LogP contribution in [-0.4, -0.2) is 18.3 Å². The standard InChI is InChI=1S/C10H13NO2.ClH/c11-9(6-12)7-1-2-10-8(5-7)3-4-13-10;/h1-2,5,9,12H,3-4,6,11H2;1H/t9-;/m0./s1. The fourth-order valence-corrected chi connectivity index (χ4v) is 1.54. The van der Waals surface area contributed by atoms with E-state index < -0.39 is 0 Å². The Labute approximate surface area is 89.3 Å². The summed E-state index contributed by atoms with van der Waals surface area (Å²) in [5, 5.41) is 8.88. The minimum Gasteiger partial charge on any atom is -0.493 e. The van der Waals surface area contributed by atoms with E-state index in [1.165, 1.54) is 5.56 Å². The zero-order valence-corrected chi connectivity index (χ0v) is 8.59. The average molecular weight is 216 g/mol. The number of nitrogens with two attached hydrogens (primary N) is 1. The molecule has 1 aliphatic heterocycles. The molecular formula is C10H14ClNO2. The van der Waals surface area contributed by atoms with Crippen LogP contribution in [0, 0.1) is 0 Å². The van der Waals surface area contributed by atoms with Gasteiger partial charge in [0.05, 0.1) is 19.3 Å². The zero-order valence-electron chi connectivity index (χ0n) is 7.77. The van der Waals surface area contributed by atoms with Crippen LogP contribution in [0.1, 0.15) is 17.2 Å². The van der Waals surface area contributed by atoms with Gasteiger partial charge in [0.2, 0.25) is 0 Å². The Morgan fingerprint density at radius 2 is 2.29 bits per heavy atom. The van der Waals surface area contributed by atoms with Gasteiger partial charge in [-0.3, -0.25) is 0 Å². The van der Waals surface area contributed by atoms with Crippen LogP contribution in [0.25, 0.3) is 0 Å². The molecule has 0 saturated heterocycles. The molecule has 0 aliphatic carbocycles. The maximum absolute atomic E-state index is 8.88. The lowest BCUT2D eigenvalue weighted by Gasteiger charge is -2.09. The summed E-state index contributed by atoms with van der Waals surface area (Å²) in [4.78, 5) is 0. The number of halogens is 1. The predicted octanol–water partition coefficient (Wildman–Crippen LogP) is 1.04. The lowest BCUT2D eigenvalue weighted by molar-refractivity contribution is 0.268. The number of rotatable bonds is 2. The number of aliphatic hydroxyl groups is 1. The second-order valence-electron chi connectivity index (χ2n) is 3.25. The highest BCUT2D eigenvalue weighted by atomic mass is 35.5. The van der Waals surface area contributed by atoms with Gasteiger partial charge in [0.25, 0.3) is 0 Å². The third-order valence-corrected chi connectivity index (χ3v) is 2.34. The SMILES string of the molecule is Cl.N[C@@H](CO)c1ccc2c(c1)CCO2. The van der Waals surface area contributed by atoms with Crippen molar-refractivity contribution >= 4 is 12.4 Å². The van der Waals surface area contributed by atoms with E-state index in [1.54, 1.807) is 0 Å². The van der Waals surface area contributed by atoms with E-state index in [2.05, 4.69) is 0 Å². The van der Waals surface area contributed by atoms with Crippen LogP contribution in [0.2, 0.25) is 0 Å². The van der Waals surface area contributed by atoms with Crippen LogP contribution in [0.15, 0.2) is 18.2 Å². The number of hydrogen-bond donors (Lipinski definition) is 2. The molecule has 14 heavy (non-hydrogen) atoms. The molecule has 0 aromatic heterocycles. The second-order valence-corrected chi connectivity index (χ2v) is 3.25. The molecule has 0 spiro atoms. The molecule has 0 radical (unpaired) electrons. The molecule has 1 aliphatic rings. The molecule has 2 rings (SSSR count). The van der Waals surface area contributed by atoms with Gasteiger partial charge in [0, 0.05) is 6.42 Å². The number of benzene rings is 1. The first-order valence-electron chi connectivity index (χ1n) is 4.43. The van der Waals surface area contributed by atoms with Gasteiger partial charge in [-0.05, 0) is 17.2 Å². The Bertz CT molecular complexity index is 317. The molecule has 1 aromatic carbocycles. The molecule has 4 heteroatoms. The molecule has 3 N–H and O–H groups in total. The molecular weight excluding hydrogens is 202 g/mol. The van der Waals surface area contributed by atoms with E-state index >= 15 is 0 Å². The minimum atomic E-state index is -0.272. The number of ether oxygens (including phenoxy) is 1. The number of aliphatic hydroxyl groups excluding tert-OH is 1. The molecule has 78 valence electrons. The summed E-state index contributed by atoms with van der Waals surface area (Å²) in [7, 11) is 0. The smallest absolute Gasteiger partial charge is 0.122 e. The molecule has 3 nitrogen and oxygen atoms in total. The van der Waals surface area contributed by atoms with Crippen LogP contribution in [-0.2, 0) is 6.42 Å². The Hall–Kier alpha value is -0.770. The quantitative estimate of drug-likeness (QED) is 0.775. The molecule has 0 saturated carbocycles. The third kappa shape index (κ3) is 2.00. The van der Waals surface area contributed by atoms with E-state index in [1.807, 2.05) is 18.2 Å². The maximum atomic E-state index is 8.88. The van der Waals surface area contributed by atoms with Crippen molar-refractivity contribution in [2.75, 3.05) is 13.2 Å². The lowest BCUT2D eigenvalue weighted by atomic mass is 10.0. The average Bonchev–Trinajstić information content (AvgIpc) is 2.63. The molecule has 1 atom stereocenters. The Balaban J connectivity index is 0.000000980. The van der Waals surface area contributed by atoms with Gasteiger partial charge >= 0.3 is 0 Å². The highest BCUT2D eigenvalue weighted by Gasteiger charge is 2.13. The zero-order chi connectivity index (χ0) is 9.26. The maximum Gasteiger partial charge on any atom is 0.122 e. The first-order chi connectivity index (χ1) is 6.31. The summed E-state index contributed by atoms with van der Waals surface area (Å²) in [6.07, 6.45) is 0.946. The van der Waals surface area contributed by atoms with Crippen molar-refractivity contribution in [3.8, 4) is 5.75 Å². The van der Waals surface area contributed by atoms with Gasteiger partial charge in [-0.2, -0.15) is 0 Å². The van der Waals surface area contributed by atoms with Crippen molar-refractivity contribution in [1.82, 2.24) is 0 Å². The van der Waals surface area contributed by atoms with Crippen molar-refractivity contribution in [2.45, 2.75) is 12.5 Å². The van der Waals surface area contributed by atoms with Gasteiger partial charge in [0.1, 0.15) is 5.75 Å². The van der Waals surface area contributed by atoms with Crippen molar-refractivity contribution in [1.29, 1.82) is 0 Å². The van der Waals surface area contributed by atoms with Crippen molar-refractivity contribution < 1.29 is 9.84 Å².